The Hall–Kier alpha value is -0.610. The minimum Gasteiger partial charge on any atom is -0.396 e. The number of aliphatic hydroxyl groups is 1. The average molecular weight is 255 g/mol. The summed E-state index contributed by atoms with van der Waals surface area (Å²) >= 11 is 5.91. The molecule has 0 amide bonds. The average Bonchev–Trinajstić information content (AvgIpc) is 2.38. The van der Waals surface area contributed by atoms with Gasteiger partial charge in [-0.2, -0.15) is 0 Å². The highest BCUT2D eigenvalue weighted by Crippen LogP contribution is 2.25. The molecule has 3 nitrogen and oxygen atoms in total. The fourth-order valence-corrected chi connectivity index (χ4v) is 2.49. The third-order valence-electron chi connectivity index (χ3n) is 3.25. The second-order valence-corrected chi connectivity index (χ2v) is 4.80. The molecule has 1 saturated heterocycles. The van der Waals surface area contributed by atoms with Crippen LogP contribution < -0.4 is 5.32 Å². The van der Waals surface area contributed by atoms with Gasteiger partial charge in [0.05, 0.1) is 0 Å². The molecule has 0 saturated carbocycles. The molecule has 1 atom stereocenters. The second kappa shape index (κ2) is 6.36. The van der Waals surface area contributed by atoms with Crippen molar-refractivity contribution in [1.29, 1.82) is 0 Å². The van der Waals surface area contributed by atoms with Crippen molar-refractivity contribution in [2.45, 2.75) is 12.5 Å². The maximum Gasteiger partial charge on any atom is 0.0449 e. The van der Waals surface area contributed by atoms with Crippen molar-refractivity contribution >= 4 is 11.6 Å². The van der Waals surface area contributed by atoms with Crippen LogP contribution in [0.25, 0.3) is 0 Å². The third-order valence-corrected chi connectivity index (χ3v) is 3.50. The number of benzene rings is 1. The lowest BCUT2D eigenvalue weighted by molar-refractivity contribution is 0.141. The molecule has 0 spiro atoms. The zero-order valence-electron chi connectivity index (χ0n) is 9.90. The van der Waals surface area contributed by atoms with E-state index in [0.29, 0.717) is 6.04 Å². The normalized spacial score (nSPS) is 19.2. The van der Waals surface area contributed by atoms with E-state index < -0.39 is 0 Å². The van der Waals surface area contributed by atoms with Crippen LogP contribution in [0, 0.1) is 0 Å². The van der Waals surface area contributed by atoms with Crippen molar-refractivity contribution in [3.63, 3.8) is 0 Å². The van der Waals surface area contributed by atoms with E-state index >= 15 is 0 Å². The number of rotatable bonds is 4. The van der Waals surface area contributed by atoms with Gasteiger partial charge in [0.15, 0.2) is 0 Å². The molecule has 1 aliphatic rings. The highest BCUT2D eigenvalue weighted by atomic mass is 35.5. The van der Waals surface area contributed by atoms with Crippen molar-refractivity contribution in [2.75, 3.05) is 32.8 Å². The third kappa shape index (κ3) is 3.42. The van der Waals surface area contributed by atoms with E-state index in [2.05, 4.69) is 22.3 Å². The summed E-state index contributed by atoms with van der Waals surface area (Å²) < 4.78 is 0. The van der Waals surface area contributed by atoms with Crippen molar-refractivity contribution in [1.82, 2.24) is 10.2 Å². The Morgan fingerprint density at radius 3 is 2.47 bits per heavy atom. The highest BCUT2D eigenvalue weighted by molar-refractivity contribution is 6.30. The lowest BCUT2D eigenvalue weighted by Gasteiger charge is -2.35. The van der Waals surface area contributed by atoms with Crippen LogP contribution >= 0.6 is 11.6 Å². The Bertz CT molecular complexity index is 336. The second-order valence-electron chi connectivity index (χ2n) is 4.37. The first-order valence-electron chi connectivity index (χ1n) is 6.12. The van der Waals surface area contributed by atoms with E-state index in [1.807, 2.05) is 12.1 Å². The summed E-state index contributed by atoms with van der Waals surface area (Å²) in [7, 11) is 0. The van der Waals surface area contributed by atoms with Crippen LogP contribution in [0.4, 0.5) is 0 Å². The first-order valence-corrected chi connectivity index (χ1v) is 6.50. The van der Waals surface area contributed by atoms with Crippen LogP contribution in [0.2, 0.25) is 5.02 Å². The van der Waals surface area contributed by atoms with Crippen LogP contribution in [-0.4, -0.2) is 42.8 Å². The van der Waals surface area contributed by atoms with Crippen LogP contribution in [-0.2, 0) is 0 Å². The lowest BCUT2D eigenvalue weighted by Crippen LogP contribution is -2.45. The van der Waals surface area contributed by atoms with Crippen LogP contribution in [0.3, 0.4) is 0 Å². The van der Waals surface area contributed by atoms with Gasteiger partial charge in [0.2, 0.25) is 0 Å². The molecular formula is C13H19ClN2O. The number of nitrogens with zero attached hydrogens (tertiary/aromatic N) is 1. The van der Waals surface area contributed by atoms with E-state index in [4.69, 9.17) is 11.6 Å². The minimum absolute atomic E-state index is 0.219. The number of nitrogens with one attached hydrogen (secondary N) is 1. The molecule has 1 aromatic rings. The Balaban J connectivity index is 2.12. The molecule has 0 aromatic heterocycles. The lowest BCUT2D eigenvalue weighted by atomic mass is 10.0. The van der Waals surface area contributed by atoms with E-state index in [1.165, 1.54) is 5.56 Å². The standard InChI is InChI=1S/C13H19ClN2O/c14-12-3-1-11(2-4-12)13(5-10-17)16-8-6-15-7-9-16/h1-4,13,15,17H,5-10H2. The highest BCUT2D eigenvalue weighted by Gasteiger charge is 2.21. The van der Waals surface area contributed by atoms with E-state index in [0.717, 1.165) is 37.6 Å². The minimum atomic E-state index is 0.219. The van der Waals surface area contributed by atoms with Gasteiger partial charge in [-0.3, -0.25) is 4.90 Å². The zero-order valence-corrected chi connectivity index (χ0v) is 10.7. The first kappa shape index (κ1) is 12.8. The summed E-state index contributed by atoms with van der Waals surface area (Å²) in [6.07, 6.45) is 0.779. The number of hydrogen-bond acceptors (Lipinski definition) is 3. The molecular weight excluding hydrogens is 236 g/mol. The molecule has 1 aromatic carbocycles. The SMILES string of the molecule is OCCC(c1ccc(Cl)cc1)N1CCNCC1. The van der Waals surface area contributed by atoms with Gasteiger partial charge in [0, 0.05) is 43.9 Å². The molecule has 17 heavy (non-hydrogen) atoms. The summed E-state index contributed by atoms with van der Waals surface area (Å²) in [6, 6.07) is 8.27. The number of halogens is 1. The molecule has 94 valence electrons. The van der Waals surface area contributed by atoms with Crippen molar-refractivity contribution in [3.05, 3.63) is 34.9 Å². The van der Waals surface area contributed by atoms with Crippen LogP contribution in [0.5, 0.6) is 0 Å². The van der Waals surface area contributed by atoms with Crippen molar-refractivity contribution in [2.24, 2.45) is 0 Å². The van der Waals surface area contributed by atoms with Gasteiger partial charge in [-0.15, -0.1) is 0 Å². The fourth-order valence-electron chi connectivity index (χ4n) is 2.36. The number of hydrogen-bond donors (Lipinski definition) is 2. The largest absolute Gasteiger partial charge is 0.396 e. The predicted octanol–water partition coefficient (Wildman–Crippen LogP) is 1.67. The molecule has 1 unspecified atom stereocenters. The summed E-state index contributed by atoms with van der Waals surface area (Å²) in [4.78, 5) is 2.43. The zero-order chi connectivity index (χ0) is 12.1. The summed E-state index contributed by atoms with van der Waals surface area (Å²) in [5.74, 6) is 0. The van der Waals surface area contributed by atoms with Crippen LogP contribution in [0.1, 0.15) is 18.0 Å². The monoisotopic (exact) mass is 254 g/mol. The van der Waals surface area contributed by atoms with E-state index in [9.17, 15) is 5.11 Å². The predicted molar refractivity (Wildman–Crippen MR) is 70.3 cm³/mol. The number of aliphatic hydroxyl groups excluding tert-OH is 1. The molecule has 0 radical (unpaired) electrons. The molecule has 4 heteroatoms. The Kier molecular flexibility index (Phi) is 4.80. The first-order chi connectivity index (χ1) is 8.31. The summed E-state index contributed by atoms with van der Waals surface area (Å²) in [5, 5.41) is 13.3. The van der Waals surface area contributed by atoms with Crippen molar-refractivity contribution in [3.8, 4) is 0 Å². The molecule has 2 rings (SSSR count). The fraction of sp³-hybridized carbons (Fsp3) is 0.538. The van der Waals surface area contributed by atoms with Crippen LogP contribution in [0.15, 0.2) is 24.3 Å². The Morgan fingerprint density at radius 2 is 1.88 bits per heavy atom. The van der Waals surface area contributed by atoms with Gasteiger partial charge in [-0.1, -0.05) is 23.7 Å². The molecule has 1 fully saturated rings. The maximum atomic E-state index is 9.21. The van der Waals surface area contributed by atoms with Gasteiger partial charge in [-0.05, 0) is 24.1 Å². The molecule has 2 N–H and O–H groups in total. The Morgan fingerprint density at radius 1 is 1.24 bits per heavy atom. The van der Waals surface area contributed by atoms with Gasteiger partial charge in [0.25, 0.3) is 0 Å². The summed E-state index contributed by atoms with van der Waals surface area (Å²) in [5.41, 5.74) is 1.24. The topological polar surface area (TPSA) is 35.5 Å². The van der Waals surface area contributed by atoms with Gasteiger partial charge >= 0.3 is 0 Å². The molecule has 1 aliphatic heterocycles. The van der Waals surface area contributed by atoms with E-state index in [1.54, 1.807) is 0 Å². The number of piperazine rings is 1. The molecule has 0 aliphatic carbocycles. The Labute approximate surface area is 107 Å². The quantitative estimate of drug-likeness (QED) is 0.858. The van der Waals surface area contributed by atoms with E-state index in [-0.39, 0.29) is 6.61 Å². The molecule has 0 bridgehead atoms. The van der Waals surface area contributed by atoms with Gasteiger partial charge in [0.1, 0.15) is 0 Å². The van der Waals surface area contributed by atoms with Gasteiger partial charge < -0.3 is 10.4 Å². The van der Waals surface area contributed by atoms with Gasteiger partial charge in [-0.25, -0.2) is 0 Å². The smallest absolute Gasteiger partial charge is 0.0449 e. The maximum absolute atomic E-state index is 9.21. The summed E-state index contributed by atoms with van der Waals surface area (Å²) in [6.45, 7) is 4.34. The molecule has 1 heterocycles. The van der Waals surface area contributed by atoms with Crippen molar-refractivity contribution < 1.29 is 5.11 Å².